The molecule has 1 unspecified atom stereocenters. The molecule has 2 amide bonds. The molecular formula is C15H24N6OS. The van der Waals surface area contributed by atoms with Crippen LogP contribution >= 0.6 is 11.3 Å². The molecule has 8 heteroatoms. The molecule has 0 aliphatic rings. The number of amides is 2. The Bertz CT molecular complexity index is 629. The number of urea groups is 1. The minimum Gasteiger partial charge on any atom is -0.335 e. The summed E-state index contributed by atoms with van der Waals surface area (Å²) in [6, 6.07) is -0.314. The Hall–Kier alpha value is -1.96. The fraction of sp³-hybridized carbons (Fsp3) is 0.600. The molecule has 0 aliphatic heterocycles. The van der Waals surface area contributed by atoms with Gasteiger partial charge in [0, 0.05) is 24.9 Å². The van der Waals surface area contributed by atoms with Gasteiger partial charge in [0.05, 0.1) is 12.4 Å². The summed E-state index contributed by atoms with van der Waals surface area (Å²) in [5.41, 5.74) is -0.0914. The predicted molar refractivity (Wildman–Crippen MR) is 91.6 cm³/mol. The second-order valence-electron chi connectivity index (χ2n) is 6.88. The van der Waals surface area contributed by atoms with Gasteiger partial charge in [0.15, 0.2) is 0 Å². The zero-order valence-corrected chi connectivity index (χ0v) is 15.0. The first kappa shape index (κ1) is 17.4. The van der Waals surface area contributed by atoms with Crippen LogP contribution in [-0.4, -0.2) is 31.8 Å². The molecule has 23 heavy (non-hydrogen) atoms. The Kier molecular flexibility index (Phi) is 5.35. The Morgan fingerprint density at radius 3 is 2.61 bits per heavy atom. The van der Waals surface area contributed by atoms with E-state index in [1.165, 1.54) is 11.3 Å². The number of rotatable bonds is 5. The highest BCUT2D eigenvalue weighted by Crippen LogP contribution is 2.23. The molecule has 2 N–H and O–H groups in total. The summed E-state index contributed by atoms with van der Waals surface area (Å²) in [5.74, 6) is 0.301. The number of aromatic nitrogens is 4. The SMILES string of the molecule is CC(C)c1nnc(NC(=O)NC(Cn2ccnc2)C(C)(C)C)s1. The van der Waals surface area contributed by atoms with E-state index in [1.807, 2.05) is 24.6 Å². The molecule has 2 heterocycles. The summed E-state index contributed by atoms with van der Waals surface area (Å²) < 4.78 is 1.96. The molecule has 0 saturated heterocycles. The van der Waals surface area contributed by atoms with Crippen LogP contribution in [0, 0.1) is 5.41 Å². The van der Waals surface area contributed by atoms with Crippen molar-refractivity contribution in [2.24, 2.45) is 5.41 Å². The maximum atomic E-state index is 12.3. The monoisotopic (exact) mass is 336 g/mol. The fourth-order valence-electron chi connectivity index (χ4n) is 1.95. The highest BCUT2D eigenvalue weighted by molar-refractivity contribution is 7.15. The summed E-state index contributed by atoms with van der Waals surface area (Å²) >= 11 is 1.40. The van der Waals surface area contributed by atoms with Crippen molar-refractivity contribution in [1.29, 1.82) is 0 Å². The van der Waals surface area contributed by atoms with E-state index in [1.54, 1.807) is 12.5 Å². The van der Waals surface area contributed by atoms with Crippen LogP contribution in [0.25, 0.3) is 0 Å². The molecular weight excluding hydrogens is 312 g/mol. The van der Waals surface area contributed by atoms with Crippen molar-refractivity contribution in [2.75, 3.05) is 5.32 Å². The van der Waals surface area contributed by atoms with Gasteiger partial charge < -0.3 is 9.88 Å². The van der Waals surface area contributed by atoms with Crippen LogP contribution in [-0.2, 0) is 6.54 Å². The molecule has 1 atom stereocenters. The first-order chi connectivity index (χ1) is 10.8. The molecule has 0 aromatic carbocycles. The lowest BCUT2D eigenvalue weighted by Gasteiger charge is -2.31. The zero-order chi connectivity index (χ0) is 17.0. The van der Waals surface area contributed by atoms with Gasteiger partial charge in [-0.05, 0) is 5.41 Å². The van der Waals surface area contributed by atoms with E-state index < -0.39 is 0 Å². The van der Waals surface area contributed by atoms with Crippen LogP contribution in [0.2, 0.25) is 0 Å². The quantitative estimate of drug-likeness (QED) is 0.878. The first-order valence-corrected chi connectivity index (χ1v) is 8.44. The number of hydrogen-bond acceptors (Lipinski definition) is 5. The summed E-state index contributed by atoms with van der Waals surface area (Å²) in [6.07, 6.45) is 5.37. The number of anilines is 1. The van der Waals surface area contributed by atoms with Gasteiger partial charge in [0.25, 0.3) is 0 Å². The van der Waals surface area contributed by atoms with Crippen molar-refractivity contribution in [3.8, 4) is 0 Å². The number of carbonyl (C=O) groups is 1. The van der Waals surface area contributed by atoms with Crippen LogP contribution in [0.15, 0.2) is 18.7 Å². The van der Waals surface area contributed by atoms with Gasteiger partial charge in [-0.1, -0.05) is 46.0 Å². The minimum absolute atomic E-state index is 0.0470. The third kappa shape index (κ3) is 5.02. The van der Waals surface area contributed by atoms with Gasteiger partial charge in [-0.25, -0.2) is 9.78 Å². The third-order valence-corrected chi connectivity index (χ3v) is 4.60. The highest BCUT2D eigenvalue weighted by Gasteiger charge is 2.27. The summed E-state index contributed by atoms with van der Waals surface area (Å²) in [7, 11) is 0. The van der Waals surface area contributed by atoms with Crippen LogP contribution < -0.4 is 10.6 Å². The zero-order valence-electron chi connectivity index (χ0n) is 14.2. The number of hydrogen-bond donors (Lipinski definition) is 2. The second kappa shape index (κ2) is 7.08. The molecule has 0 aliphatic carbocycles. The summed E-state index contributed by atoms with van der Waals surface area (Å²) in [4.78, 5) is 16.3. The average Bonchev–Trinajstić information content (AvgIpc) is 3.08. The van der Waals surface area contributed by atoms with Crippen molar-refractivity contribution in [3.05, 3.63) is 23.7 Å². The van der Waals surface area contributed by atoms with Gasteiger partial charge in [-0.15, -0.1) is 10.2 Å². The Morgan fingerprint density at radius 1 is 1.35 bits per heavy atom. The molecule has 2 aromatic rings. The highest BCUT2D eigenvalue weighted by atomic mass is 32.1. The largest absolute Gasteiger partial charge is 0.335 e. The summed E-state index contributed by atoms with van der Waals surface area (Å²) in [5, 5.41) is 15.3. The number of nitrogens with zero attached hydrogens (tertiary/aromatic N) is 4. The van der Waals surface area contributed by atoms with E-state index in [0.29, 0.717) is 17.6 Å². The van der Waals surface area contributed by atoms with Crippen molar-refractivity contribution in [1.82, 2.24) is 25.1 Å². The van der Waals surface area contributed by atoms with Crippen molar-refractivity contribution in [3.63, 3.8) is 0 Å². The molecule has 0 fully saturated rings. The van der Waals surface area contributed by atoms with Gasteiger partial charge in [-0.3, -0.25) is 5.32 Å². The lowest BCUT2D eigenvalue weighted by molar-refractivity contribution is 0.218. The number of nitrogens with one attached hydrogen (secondary N) is 2. The van der Waals surface area contributed by atoms with Crippen LogP contribution in [0.5, 0.6) is 0 Å². The normalized spacial score (nSPS) is 13.1. The molecule has 7 nitrogen and oxygen atoms in total. The number of imidazole rings is 1. The van der Waals surface area contributed by atoms with Gasteiger partial charge in [0.1, 0.15) is 5.01 Å². The average molecular weight is 336 g/mol. The van der Waals surface area contributed by atoms with Crippen molar-refractivity contribution < 1.29 is 4.79 Å². The van der Waals surface area contributed by atoms with E-state index >= 15 is 0 Å². The smallest absolute Gasteiger partial charge is 0.321 e. The Balaban J connectivity index is 1.99. The molecule has 2 aromatic heterocycles. The van der Waals surface area contributed by atoms with Crippen LogP contribution in [0.3, 0.4) is 0 Å². The minimum atomic E-state index is -0.267. The van der Waals surface area contributed by atoms with Gasteiger partial charge >= 0.3 is 6.03 Å². The van der Waals surface area contributed by atoms with E-state index in [9.17, 15) is 4.79 Å². The molecule has 126 valence electrons. The van der Waals surface area contributed by atoms with Crippen molar-refractivity contribution >= 4 is 22.5 Å². The van der Waals surface area contributed by atoms with E-state index in [-0.39, 0.29) is 17.5 Å². The Labute approximate surface area is 140 Å². The predicted octanol–water partition coefficient (Wildman–Crippen LogP) is 3.09. The topological polar surface area (TPSA) is 84.7 Å². The molecule has 0 saturated carbocycles. The van der Waals surface area contributed by atoms with E-state index in [2.05, 4.69) is 46.6 Å². The standard InChI is InChI=1S/C15H24N6OS/c1-10(2)12-19-20-14(23-12)18-13(22)17-11(15(3,4)5)8-21-7-6-16-9-21/h6-7,9-11H,8H2,1-5H3,(H2,17,18,20,22). The fourth-order valence-corrected chi connectivity index (χ4v) is 2.69. The molecule has 0 spiro atoms. The lowest BCUT2D eigenvalue weighted by Crippen LogP contribution is -2.47. The maximum Gasteiger partial charge on any atom is 0.321 e. The van der Waals surface area contributed by atoms with Gasteiger partial charge in [0.2, 0.25) is 5.13 Å². The summed E-state index contributed by atoms with van der Waals surface area (Å²) in [6.45, 7) is 11.0. The van der Waals surface area contributed by atoms with E-state index in [4.69, 9.17) is 0 Å². The lowest BCUT2D eigenvalue weighted by atomic mass is 9.86. The second-order valence-corrected chi connectivity index (χ2v) is 7.89. The third-order valence-electron chi connectivity index (χ3n) is 3.46. The number of carbonyl (C=O) groups excluding carboxylic acids is 1. The Morgan fingerprint density at radius 2 is 2.09 bits per heavy atom. The molecule has 0 bridgehead atoms. The maximum absolute atomic E-state index is 12.3. The van der Waals surface area contributed by atoms with Crippen molar-refractivity contribution in [2.45, 2.75) is 53.1 Å². The molecule has 0 radical (unpaired) electrons. The van der Waals surface area contributed by atoms with Crippen LogP contribution in [0.1, 0.15) is 45.5 Å². The first-order valence-electron chi connectivity index (χ1n) is 7.62. The van der Waals surface area contributed by atoms with Crippen LogP contribution in [0.4, 0.5) is 9.93 Å². The molecule has 2 rings (SSSR count). The van der Waals surface area contributed by atoms with Gasteiger partial charge in [-0.2, -0.15) is 0 Å². The van der Waals surface area contributed by atoms with E-state index in [0.717, 1.165) is 5.01 Å².